The van der Waals surface area contributed by atoms with Gasteiger partial charge in [0.25, 0.3) is 0 Å². The summed E-state index contributed by atoms with van der Waals surface area (Å²) < 4.78 is 0. The fraction of sp³-hybridized carbons (Fsp3) is 1.00. The molecule has 0 aromatic carbocycles. The minimum atomic E-state index is 0.807. The van der Waals surface area contributed by atoms with Crippen LogP contribution in [0.1, 0.15) is 38.5 Å². The molecule has 0 spiro atoms. The van der Waals surface area contributed by atoms with Crippen LogP contribution in [0.5, 0.6) is 0 Å². The van der Waals surface area contributed by atoms with Gasteiger partial charge >= 0.3 is 0 Å². The van der Waals surface area contributed by atoms with E-state index in [1.807, 2.05) is 0 Å². The summed E-state index contributed by atoms with van der Waals surface area (Å²) in [7, 11) is 4.47. The average Bonchev–Trinajstić information content (AvgIpc) is 3.08. The van der Waals surface area contributed by atoms with Gasteiger partial charge in [-0.1, -0.05) is 53.4 Å². The molecule has 0 nitrogen and oxygen atoms in total. The zero-order valence-electron chi connectivity index (χ0n) is 10.4. The third kappa shape index (κ3) is 2.07. The summed E-state index contributed by atoms with van der Waals surface area (Å²) in [5.41, 5.74) is 0. The molecule has 0 unspecified atom stereocenters. The van der Waals surface area contributed by atoms with Crippen molar-refractivity contribution >= 4 is 53.4 Å². The molecule has 0 aromatic rings. The topological polar surface area (TPSA) is 0 Å². The third-order valence-electron chi connectivity index (χ3n) is 5.76. The molecule has 18 heavy (non-hydrogen) atoms. The van der Waals surface area contributed by atoms with Crippen molar-refractivity contribution in [3.05, 3.63) is 0 Å². The van der Waals surface area contributed by atoms with Gasteiger partial charge in [0.05, 0.1) is 0 Å². The lowest BCUT2D eigenvalue weighted by Crippen LogP contribution is -2.27. The van der Waals surface area contributed by atoms with Crippen LogP contribution in [-0.2, 0) is 0 Å². The molecule has 0 saturated heterocycles. The van der Waals surface area contributed by atoms with Crippen molar-refractivity contribution in [3.8, 4) is 0 Å². The van der Waals surface area contributed by atoms with Gasteiger partial charge in [0.1, 0.15) is 0 Å². The predicted octanol–water partition coefficient (Wildman–Crippen LogP) is 5.49. The van der Waals surface area contributed by atoms with Gasteiger partial charge in [-0.2, -0.15) is 0 Å². The molecule has 4 aliphatic carbocycles. The number of hydrogen-bond donors (Lipinski definition) is 0. The minimum Gasteiger partial charge on any atom is -0.0889 e. The first kappa shape index (κ1) is 13.3. The van der Waals surface area contributed by atoms with Crippen molar-refractivity contribution in [3.63, 3.8) is 0 Å². The molecule has 4 heteroatoms. The first-order valence-corrected chi connectivity index (χ1v) is 11.4. The quantitative estimate of drug-likeness (QED) is 0.444. The second kappa shape index (κ2) is 5.14. The fourth-order valence-corrected chi connectivity index (χ4v) is 12.2. The molecule has 8 atom stereocenters. The van der Waals surface area contributed by atoms with Crippen LogP contribution in [0, 0.1) is 23.7 Å². The summed E-state index contributed by atoms with van der Waals surface area (Å²) in [6, 6.07) is 0. The summed E-state index contributed by atoms with van der Waals surface area (Å²) in [4.78, 5) is 1.61. The number of alkyl halides is 2. The highest BCUT2D eigenvalue weighted by atomic mass is 79.9. The Morgan fingerprint density at radius 2 is 1.00 bits per heavy atom. The van der Waals surface area contributed by atoms with Gasteiger partial charge in [-0.25, -0.2) is 0 Å². The molecule has 4 bridgehead atoms. The van der Waals surface area contributed by atoms with E-state index in [1.165, 1.54) is 38.5 Å². The van der Waals surface area contributed by atoms with E-state index in [4.69, 9.17) is 0 Å². The Bertz CT molecular complexity index is 302. The molecule has 0 heterocycles. The maximum absolute atomic E-state index is 3.98. The van der Waals surface area contributed by atoms with E-state index in [9.17, 15) is 0 Å². The summed E-state index contributed by atoms with van der Waals surface area (Å²) in [6.45, 7) is 0. The molecule has 0 N–H and O–H groups in total. The van der Waals surface area contributed by atoms with Gasteiger partial charge < -0.3 is 0 Å². The van der Waals surface area contributed by atoms with Crippen molar-refractivity contribution < 1.29 is 0 Å². The van der Waals surface area contributed by atoms with Gasteiger partial charge in [0.2, 0.25) is 0 Å². The highest BCUT2D eigenvalue weighted by molar-refractivity contribution is 9.10. The maximum Gasteiger partial charge on any atom is 0.0307 e. The Labute approximate surface area is 135 Å². The Morgan fingerprint density at radius 1 is 0.611 bits per heavy atom. The van der Waals surface area contributed by atoms with Gasteiger partial charge in [-0.15, -0.1) is 0 Å². The van der Waals surface area contributed by atoms with E-state index in [0.717, 1.165) is 43.8 Å². The second-order valence-electron chi connectivity index (χ2n) is 6.68. The molecule has 0 radical (unpaired) electrons. The lowest BCUT2D eigenvalue weighted by molar-refractivity contribution is 0.507. The molecule has 4 aliphatic rings. The summed E-state index contributed by atoms with van der Waals surface area (Å²) in [5, 5.41) is 1.79. The third-order valence-corrected chi connectivity index (χ3v) is 12.7. The predicted molar refractivity (Wildman–Crippen MR) is 89.9 cm³/mol. The minimum absolute atomic E-state index is 0.807. The number of halogens is 2. The van der Waals surface area contributed by atoms with Crippen LogP contribution in [0.2, 0.25) is 0 Å². The zero-order valence-corrected chi connectivity index (χ0v) is 15.2. The molecular weight excluding hydrogens is 392 g/mol. The van der Waals surface area contributed by atoms with Crippen LogP contribution < -0.4 is 0 Å². The Hall–Kier alpha value is 1.66. The number of hydrogen-bond acceptors (Lipinski definition) is 2. The Kier molecular flexibility index (Phi) is 3.80. The molecule has 0 aliphatic heterocycles. The lowest BCUT2D eigenvalue weighted by atomic mass is 10.0. The van der Waals surface area contributed by atoms with Crippen LogP contribution in [0.25, 0.3) is 0 Å². The van der Waals surface area contributed by atoms with Gasteiger partial charge in [0, 0.05) is 20.2 Å². The van der Waals surface area contributed by atoms with E-state index in [2.05, 4.69) is 53.4 Å². The molecule has 0 aromatic heterocycles. The highest BCUT2D eigenvalue weighted by Crippen LogP contribution is 2.60. The maximum atomic E-state index is 3.98. The molecule has 0 amide bonds. The lowest BCUT2D eigenvalue weighted by Gasteiger charge is -2.30. The highest BCUT2D eigenvalue weighted by Gasteiger charge is 2.50. The van der Waals surface area contributed by atoms with Crippen LogP contribution >= 0.6 is 53.4 Å². The Balaban J connectivity index is 1.36. The summed E-state index contributed by atoms with van der Waals surface area (Å²) in [6.07, 6.45) is 8.97. The van der Waals surface area contributed by atoms with Crippen molar-refractivity contribution in [2.45, 2.75) is 58.7 Å². The fourth-order valence-electron chi connectivity index (χ4n) is 4.73. The van der Waals surface area contributed by atoms with Crippen molar-refractivity contribution in [2.75, 3.05) is 0 Å². The number of rotatable bonds is 3. The van der Waals surface area contributed by atoms with E-state index < -0.39 is 0 Å². The van der Waals surface area contributed by atoms with Crippen molar-refractivity contribution in [1.29, 1.82) is 0 Å². The molecule has 102 valence electrons. The Morgan fingerprint density at radius 3 is 1.33 bits per heavy atom. The average molecular weight is 412 g/mol. The number of fused-ring (bicyclic) bond motifs is 4. The van der Waals surface area contributed by atoms with Gasteiger partial charge in [-0.3, -0.25) is 0 Å². The zero-order chi connectivity index (χ0) is 12.3. The van der Waals surface area contributed by atoms with E-state index in [1.54, 1.807) is 0 Å². The van der Waals surface area contributed by atoms with Gasteiger partial charge in [-0.05, 0) is 62.2 Å². The van der Waals surface area contributed by atoms with E-state index in [0.29, 0.717) is 0 Å². The second-order valence-corrected chi connectivity index (χ2v) is 11.4. The molecule has 4 saturated carbocycles. The largest absolute Gasteiger partial charge is 0.0889 e. The first-order valence-electron chi connectivity index (χ1n) is 7.34. The standard InChI is InChI=1S/C14H20Br2S2/c15-11-7-1-3-9(5-7)13(11)17-18-14-10-4-2-8(6-10)12(14)16/h7-14H,1-6H2/t7-,8-,9-,10-,11-,12+,13-,14-/m0/s1. The van der Waals surface area contributed by atoms with Crippen LogP contribution in [0.15, 0.2) is 0 Å². The molecule has 4 rings (SSSR count). The first-order chi connectivity index (χ1) is 8.74. The monoisotopic (exact) mass is 410 g/mol. The van der Waals surface area contributed by atoms with Crippen molar-refractivity contribution in [1.82, 2.24) is 0 Å². The van der Waals surface area contributed by atoms with Gasteiger partial charge in [0.15, 0.2) is 0 Å². The summed E-state index contributed by atoms with van der Waals surface area (Å²) in [5.74, 6) is 4.02. The SMILES string of the molecule is Br[C@@H]1[C@H]2CC[C@@H](C2)[C@@H]1SS[C@H]1[C@H]2CC[C@@H](C2)[C@@H]1Br. The van der Waals surface area contributed by atoms with Crippen molar-refractivity contribution in [2.24, 2.45) is 23.7 Å². The smallest absolute Gasteiger partial charge is 0.0307 e. The normalized spacial score (nSPS) is 57.7. The van der Waals surface area contributed by atoms with Crippen LogP contribution in [0.4, 0.5) is 0 Å². The summed E-state index contributed by atoms with van der Waals surface area (Å²) >= 11 is 7.96. The molecule has 4 fully saturated rings. The van der Waals surface area contributed by atoms with Crippen LogP contribution in [0.3, 0.4) is 0 Å². The van der Waals surface area contributed by atoms with Crippen LogP contribution in [-0.4, -0.2) is 20.2 Å². The molecular formula is C14H20Br2S2. The van der Waals surface area contributed by atoms with E-state index in [-0.39, 0.29) is 0 Å². The van der Waals surface area contributed by atoms with E-state index >= 15 is 0 Å².